The average Bonchev–Trinajstić information content (AvgIpc) is 2.83. The molecule has 2 aromatic carbocycles. The zero-order valence-electron chi connectivity index (χ0n) is 19.9. The molecule has 4 unspecified atom stereocenters. The van der Waals surface area contributed by atoms with Crippen LogP contribution in [0.3, 0.4) is 0 Å². The number of benzene rings is 2. The van der Waals surface area contributed by atoms with Gasteiger partial charge in [-0.25, -0.2) is 13.2 Å². The maximum atomic E-state index is 15.2. The van der Waals surface area contributed by atoms with Gasteiger partial charge in [-0.3, -0.25) is 0 Å². The molecule has 0 radical (unpaired) electrons. The molecule has 0 aromatic heterocycles. The van der Waals surface area contributed by atoms with Crippen LogP contribution in [0.2, 0.25) is 0 Å². The number of halogens is 3. The molecule has 0 aliphatic heterocycles. The highest BCUT2D eigenvalue weighted by molar-refractivity contribution is 5.86. The van der Waals surface area contributed by atoms with Gasteiger partial charge in [0.15, 0.2) is 23.2 Å². The maximum Gasteiger partial charge on any atom is 0.175 e. The summed E-state index contributed by atoms with van der Waals surface area (Å²) in [5, 5.41) is 0.0698. The van der Waals surface area contributed by atoms with E-state index in [1.165, 1.54) is 63.5 Å². The van der Waals surface area contributed by atoms with Crippen molar-refractivity contribution in [3.63, 3.8) is 0 Å². The fraction of sp³-hybridized carbons (Fsp3) is 0.586. The topological polar surface area (TPSA) is 9.23 Å². The van der Waals surface area contributed by atoms with E-state index in [1.54, 1.807) is 12.1 Å². The molecular weight excluding hydrogens is 421 g/mol. The minimum absolute atomic E-state index is 0.00556. The minimum Gasteiger partial charge on any atom is -0.486 e. The highest BCUT2D eigenvalue weighted by Crippen LogP contribution is 2.49. The van der Waals surface area contributed by atoms with E-state index in [0.717, 1.165) is 31.1 Å². The predicted molar refractivity (Wildman–Crippen MR) is 129 cm³/mol. The monoisotopic (exact) mass is 458 g/mol. The van der Waals surface area contributed by atoms with E-state index in [9.17, 15) is 4.39 Å². The van der Waals surface area contributed by atoms with Crippen LogP contribution in [0, 0.1) is 35.2 Å². The van der Waals surface area contributed by atoms with Crippen molar-refractivity contribution in [3.8, 4) is 5.75 Å². The second-order valence-corrected chi connectivity index (χ2v) is 10.2. The number of hydrogen-bond acceptors (Lipinski definition) is 1. The Balaban J connectivity index is 1.47. The van der Waals surface area contributed by atoms with Crippen LogP contribution in [0.15, 0.2) is 30.9 Å². The third-order valence-corrected chi connectivity index (χ3v) is 8.10. The van der Waals surface area contributed by atoms with Gasteiger partial charge >= 0.3 is 0 Å². The summed E-state index contributed by atoms with van der Waals surface area (Å²) in [4.78, 5) is 0. The lowest BCUT2D eigenvalue weighted by molar-refractivity contribution is 0.112. The van der Waals surface area contributed by atoms with E-state index < -0.39 is 17.5 Å². The van der Waals surface area contributed by atoms with E-state index in [0.29, 0.717) is 16.9 Å². The summed E-state index contributed by atoms with van der Waals surface area (Å²) >= 11 is 0. The van der Waals surface area contributed by atoms with Crippen molar-refractivity contribution in [1.29, 1.82) is 0 Å². The summed E-state index contributed by atoms with van der Waals surface area (Å²) in [6.45, 7) is 5.89. The number of ether oxygens (including phenoxy) is 1. The molecule has 0 saturated heterocycles. The SMILES string of the molecule is C=CCOc1ccc2cc(C3CCC4CC(CCCCCC)CCC4C3)c(F)c(F)c2c1F. The van der Waals surface area contributed by atoms with Crippen molar-refractivity contribution in [2.75, 3.05) is 6.61 Å². The van der Waals surface area contributed by atoms with Crippen LogP contribution >= 0.6 is 0 Å². The summed E-state index contributed by atoms with van der Waals surface area (Å²) in [5.74, 6) is -0.751. The number of fused-ring (bicyclic) bond motifs is 2. The van der Waals surface area contributed by atoms with Crippen molar-refractivity contribution in [2.45, 2.75) is 83.5 Å². The Labute approximate surface area is 196 Å². The van der Waals surface area contributed by atoms with Crippen LogP contribution in [-0.2, 0) is 0 Å². The van der Waals surface area contributed by atoms with Crippen molar-refractivity contribution >= 4 is 10.8 Å². The smallest absolute Gasteiger partial charge is 0.175 e. The van der Waals surface area contributed by atoms with Gasteiger partial charge in [0.05, 0.1) is 5.39 Å². The third kappa shape index (κ3) is 5.25. The Morgan fingerprint density at radius 2 is 1.73 bits per heavy atom. The number of rotatable bonds is 9. The molecule has 0 N–H and O–H groups in total. The predicted octanol–water partition coefficient (Wildman–Crippen LogP) is 9.09. The van der Waals surface area contributed by atoms with E-state index in [2.05, 4.69) is 13.5 Å². The zero-order chi connectivity index (χ0) is 23.4. The first-order chi connectivity index (χ1) is 16.0. The first kappa shape index (κ1) is 24.2. The van der Waals surface area contributed by atoms with E-state index in [-0.39, 0.29) is 23.7 Å². The first-order valence-electron chi connectivity index (χ1n) is 12.9. The van der Waals surface area contributed by atoms with Gasteiger partial charge in [-0.2, -0.15) is 0 Å². The van der Waals surface area contributed by atoms with Crippen molar-refractivity contribution in [1.82, 2.24) is 0 Å². The Kier molecular flexibility index (Phi) is 8.03. The second-order valence-electron chi connectivity index (χ2n) is 10.2. The van der Waals surface area contributed by atoms with Crippen LogP contribution in [-0.4, -0.2) is 6.61 Å². The summed E-state index contributed by atoms with van der Waals surface area (Å²) in [7, 11) is 0. The van der Waals surface area contributed by atoms with Gasteiger partial charge in [-0.05, 0) is 78.9 Å². The fourth-order valence-electron chi connectivity index (χ4n) is 6.33. The summed E-state index contributed by atoms with van der Waals surface area (Å²) in [5.41, 5.74) is 0.416. The Morgan fingerprint density at radius 1 is 0.939 bits per heavy atom. The maximum absolute atomic E-state index is 15.2. The zero-order valence-corrected chi connectivity index (χ0v) is 19.9. The van der Waals surface area contributed by atoms with Gasteiger partial charge in [0, 0.05) is 0 Å². The second kappa shape index (κ2) is 11.0. The van der Waals surface area contributed by atoms with E-state index >= 15 is 8.78 Å². The van der Waals surface area contributed by atoms with Gasteiger partial charge in [0.2, 0.25) is 0 Å². The molecule has 4 rings (SSSR count). The molecule has 4 atom stereocenters. The van der Waals surface area contributed by atoms with Gasteiger partial charge in [0.1, 0.15) is 6.61 Å². The van der Waals surface area contributed by atoms with E-state index in [4.69, 9.17) is 4.74 Å². The minimum atomic E-state index is -1.10. The standard InChI is InChI=1S/C29H37F3O/c1-3-5-6-7-8-19-9-10-21-17-22(12-11-20(21)16-19)24-18-23-13-14-25(33-15-4-2)28(31)26(23)29(32)27(24)30/h4,13-14,18-22H,2-3,5-12,15-17H2,1H3. The molecule has 0 bridgehead atoms. The first-order valence-corrected chi connectivity index (χ1v) is 12.9. The Hall–Kier alpha value is -1.97. The van der Waals surface area contributed by atoms with Crippen LogP contribution in [0.4, 0.5) is 13.2 Å². The molecule has 2 saturated carbocycles. The Bertz CT molecular complexity index is 969. The molecule has 0 amide bonds. The lowest BCUT2D eigenvalue weighted by Gasteiger charge is -2.42. The van der Waals surface area contributed by atoms with Gasteiger partial charge in [-0.1, -0.05) is 64.2 Å². The molecular formula is C29H37F3O. The Morgan fingerprint density at radius 3 is 2.52 bits per heavy atom. The van der Waals surface area contributed by atoms with Gasteiger partial charge in [-0.15, -0.1) is 0 Å². The highest BCUT2D eigenvalue weighted by atomic mass is 19.2. The highest BCUT2D eigenvalue weighted by Gasteiger charge is 2.37. The van der Waals surface area contributed by atoms with Crippen LogP contribution in [0.1, 0.15) is 89.0 Å². The molecule has 2 fully saturated rings. The van der Waals surface area contributed by atoms with Crippen LogP contribution in [0.5, 0.6) is 5.75 Å². The van der Waals surface area contributed by atoms with Crippen LogP contribution < -0.4 is 4.74 Å². The molecule has 2 aromatic rings. The van der Waals surface area contributed by atoms with Crippen molar-refractivity contribution in [2.24, 2.45) is 17.8 Å². The number of hydrogen-bond donors (Lipinski definition) is 0. The molecule has 33 heavy (non-hydrogen) atoms. The lowest BCUT2D eigenvalue weighted by Crippen LogP contribution is -2.30. The summed E-state index contributed by atoms with van der Waals surface area (Å²) < 4.78 is 50.3. The average molecular weight is 459 g/mol. The third-order valence-electron chi connectivity index (χ3n) is 8.10. The fourth-order valence-corrected chi connectivity index (χ4v) is 6.33. The summed E-state index contributed by atoms with van der Waals surface area (Å²) in [6.07, 6.45) is 14.8. The molecule has 4 heteroatoms. The molecule has 2 aliphatic carbocycles. The molecule has 1 nitrogen and oxygen atoms in total. The van der Waals surface area contributed by atoms with Crippen molar-refractivity contribution in [3.05, 3.63) is 53.9 Å². The number of unbranched alkanes of at least 4 members (excludes halogenated alkanes) is 3. The summed E-state index contributed by atoms with van der Waals surface area (Å²) in [6, 6.07) is 4.78. The van der Waals surface area contributed by atoms with Gasteiger partial charge in [0.25, 0.3) is 0 Å². The molecule has 2 aliphatic rings. The molecule has 0 heterocycles. The quantitative estimate of drug-likeness (QED) is 0.269. The van der Waals surface area contributed by atoms with E-state index in [1.807, 2.05) is 0 Å². The largest absolute Gasteiger partial charge is 0.486 e. The lowest BCUT2D eigenvalue weighted by atomic mass is 9.63. The van der Waals surface area contributed by atoms with Gasteiger partial charge < -0.3 is 4.74 Å². The molecule has 180 valence electrons. The van der Waals surface area contributed by atoms with Crippen molar-refractivity contribution < 1.29 is 17.9 Å². The van der Waals surface area contributed by atoms with Crippen LogP contribution in [0.25, 0.3) is 10.8 Å². The molecule has 0 spiro atoms. The normalized spacial score (nSPS) is 25.1.